The maximum atomic E-state index is 13.7. The van der Waals surface area contributed by atoms with Gasteiger partial charge in [-0.2, -0.15) is 0 Å². The Kier molecular flexibility index (Phi) is 5.24. The third-order valence-electron chi connectivity index (χ3n) is 7.22. The lowest BCUT2D eigenvalue weighted by atomic mass is 9.83. The summed E-state index contributed by atoms with van der Waals surface area (Å²) < 4.78 is 7.69. The topological polar surface area (TPSA) is 93.5 Å². The number of nitrogens with one attached hydrogen (secondary N) is 1. The number of hydrogen-bond acceptors (Lipinski definition) is 5. The van der Waals surface area contributed by atoms with Crippen molar-refractivity contribution in [1.29, 1.82) is 0 Å². The number of ether oxygens (including phenoxy) is 1. The van der Waals surface area contributed by atoms with Crippen molar-refractivity contribution in [3.8, 4) is 0 Å². The zero-order valence-corrected chi connectivity index (χ0v) is 19.2. The van der Waals surface area contributed by atoms with Crippen LogP contribution in [0.1, 0.15) is 72.5 Å². The van der Waals surface area contributed by atoms with Crippen LogP contribution in [0.3, 0.4) is 0 Å². The van der Waals surface area contributed by atoms with Crippen molar-refractivity contribution in [2.75, 3.05) is 18.5 Å². The molecular formula is C26H29N3O4. The number of carbonyl (C=O) groups is 1. The number of rotatable bonds is 5. The summed E-state index contributed by atoms with van der Waals surface area (Å²) in [4.78, 5) is 30.6. The van der Waals surface area contributed by atoms with Crippen molar-refractivity contribution < 1.29 is 14.6 Å². The van der Waals surface area contributed by atoms with Crippen LogP contribution in [-0.2, 0) is 10.2 Å². The highest BCUT2D eigenvalue weighted by Crippen LogP contribution is 2.46. The number of benzene rings is 2. The van der Waals surface area contributed by atoms with Gasteiger partial charge in [-0.3, -0.25) is 9.36 Å². The van der Waals surface area contributed by atoms with Crippen LogP contribution in [0.25, 0.3) is 10.9 Å². The smallest absolute Gasteiger partial charge is 0.337 e. The molecule has 1 spiro atoms. The Morgan fingerprint density at radius 1 is 1.36 bits per heavy atom. The molecule has 5 rings (SSSR count). The number of carboxylic acid groups (broad SMARTS) is 1. The lowest BCUT2D eigenvalue weighted by Gasteiger charge is -2.22. The molecule has 2 aliphatic rings. The van der Waals surface area contributed by atoms with Crippen molar-refractivity contribution in [3.63, 3.8) is 0 Å². The molecule has 172 valence electrons. The van der Waals surface area contributed by atoms with E-state index >= 15 is 0 Å². The second-order valence-electron chi connectivity index (χ2n) is 9.43. The van der Waals surface area contributed by atoms with Gasteiger partial charge in [0.05, 0.1) is 34.5 Å². The average Bonchev–Trinajstić information content (AvgIpc) is 3.39. The van der Waals surface area contributed by atoms with Gasteiger partial charge in [0.15, 0.2) is 0 Å². The van der Waals surface area contributed by atoms with Gasteiger partial charge in [-0.05, 0) is 56.9 Å². The number of para-hydroxylation sites is 1. The van der Waals surface area contributed by atoms with Crippen molar-refractivity contribution in [2.45, 2.75) is 57.5 Å². The summed E-state index contributed by atoms with van der Waals surface area (Å²) in [5.74, 6) is -0.144. The zero-order chi connectivity index (χ0) is 23.3. The number of carboxylic acids is 1. The fourth-order valence-corrected chi connectivity index (χ4v) is 5.53. The molecule has 0 bridgehead atoms. The predicted molar refractivity (Wildman–Crippen MR) is 127 cm³/mol. The first-order chi connectivity index (χ1) is 15.8. The van der Waals surface area contributed by atoms with E-state index < -0.39 is 5.97 Å². The second-order valence-corrected chi connectivity index (χ2v) is 9.43. The second kappa shape index (κ2) is 7.99. The van der Waals surface area contributed by atoms with E-state index in [1.54, 1.807) is 18.2 Å². The highest BCUT2D eigenvalue weighted by molar-refractivity contribution is 5.94. The largest absolute Gasteiger partial charge is 0.478 e. The SMILES string of the molecule is CC[C@@H]1C[C@]2(CCOC2)c2nc3c([C@@H](C)Nc4ccccc4C(=O)O)cc(C)cc3c(=O)n21. The van der Waals surface area contributed by atoms with Crippen LogP contribution in [0.15, 0.2) is 41.2 Å². The molecule has 2 aromatic carbocycles. The van der Waals surface area contributed by atoms with Crippen LogP contribution in [0.4, 0.5) is 5.69 Å². The zero-order valence-electron chi connectivity index (χ0n) is 19.2. The summed E-state index contributed by atoms with van der Waals surface area (Å²) in [5, 5.41) is 13.5. The third-order valence-corrected chi connectivity index (χ3v) is 7.22. The van der Waals surface area contributed by atoms with Gasteiger partial charge in [-0.1, -0.05) is 25.1 Å². The molecule has 2 aliphatic heterocycles. The van der Waals surface area contributed by atoms with Crippen LogP contribution < -0.4 is 10.9 Å². The Hall–Kier alpha value is -3.19. The Bertz CT molecular complexity index is 1310. The van der Waals surface area contributed by atoms with E-state index in [2.05, 4.69) is 12.2 Å². The molecule has 7 heteroatoms. The van der Waals surface area contributed by atoms with E-state index in [1.165, 1.54) is 0 Å². The minimum absolute atomic E-state index is 0.00807. The van der Waals surface area contributed by atoms with E-state index in [0.717, 1.165) is 36.2 Å². The van der Waals surface area contributed by atoms with Gasteiger partial charge in [-0.15, -0.1) is 0 Å². The first kappa shape index (κ1) is 21.6. The fourth-order valence-electron chi connectivity index (χ4n) is 5.53. The summed E-state index contributed by atoms with van der Waals surface area (Å²) in [6, 6.07) is 10.7. The molecule has 3 aromatic rings. The van der Waals surface area contributed by atoms with Crippen molar-refractivity contribution in [3.05, 3.63) is 69.3 Å². The maximum absolute atomic E-state index is 13.7. The summed E-state index contributed by atoms with van der Waals surface area (Å²) in [6.45, 7) is 7.36. The summed E-state index contributed by atoms with van der Waals surface area (Å²) >= 11 is 0. The Morgan fingerprint density at radius 3 is 2.85 bits per heavy atom. The van der Waals surface area contributed by atoms with Gasteiger partial charge in [0.25, 0.3) is 5.56 Å². The molecule has 2 N–H and O–H groups in total. The minimum Gasteiger partial charge on any atom is -0.478 e. The number of nitrogens with zero attached hydrogens (tertiary/aromatic N) is 2. The van der Waals surface area contributed by atoms with Crippen molar-refractivity contribution >= 4 is 22.6 Å². The summed E-state index contributed by atoms with van der Waals surface area (Å²) in [5.41, 5.74) is 3.10. The highest BCUT2D eigenvalue weighted by Gasteiger charge is 2.48. The van der Waals surface area contributed by atoms with E-state index in [9.17, 15) is 14.7 Å². The first-order valence-electron chi connectivity index (χ1n) is 11.6. The molecule has 3 atom stereocenters. The van der Waals surface area contributed by atoms with Gasteiger partial charge in [-0.25, -0.2) is 9.78 Å². The normalized spacial score (nSPS) is 22.6. The van der Waals surface area contributed by atoms with Crippen LogP contribution in [0.5, 0.6) is 0 Å². The highest BCUT2D eigenvalue weighted by atomic mass is 16.5. The lowest BCUT2D eigenvalue weighted by molar-refractivity contribution is 0.0698. The minimum atomic E-state index is -0.984. The molecule has 0 amide bonds. The van der Waals surface area contributed by atoms with Gasteiger partial charge < -0.3 is 15.2 Å². The third kappa shape index (κ3) is 3.42. The molecule has 33 heavy (non-hydrogen) atoms. The van der Waals surface area contributed by atoms with Gasteiger partial charge in [0.1, 0.15) is 5.82 Å². The summed E-state index contributed by atoms with van der Waals surface area (Å²) in [6.07, 6.45) is 2.64. The molecule has 3 heterocycles. The monoisotopic (exact) mass is 447 g/mol. The van der Waals surface area contributed by atoms with Crippen LogP contribution in [-0.4, -0.2) is 33.8 Å². The van der Waals surface area contributed by atoms with Gasteiger partial charge >= 0.3 is 5.97 Å². The average molecular weight is 448 g/mol. The number of fused-ring (bicyclic) bond motifs is 3. The van der Waals surface area contributed by atoms with E-state index in [1.807, 2.05) is 36.6 Å². The number of anilines is 1. The number of aromatic nitrogens is 2. The fraction of sp³-hybridized carbons (Fsp3) is 0.423. The lowest BCUT2D eigenvalue weighted by Crippen LogP contribution is -2.29. The Labute approximate surface area is 192 Å². The molecular weight excluding hydrogens is 418 g/mol. The van der Waals surface area contributed by atoms with E-state index in [-0.39, 0.29) is 28.6 Å². The van der Waals surface area contributed by atoms with E-state index in [4.69, 9.17) is 9.72 Å². The molecule has 0 radical (unpaired) electrons. The van der Waals surface area contributed by atoms with Crippen LogP contribution in [0.2, 0.25) is 0 Å². The molecule has 0 aliphatic carbocycles. The van der Waals surface area contributed by atoms with Crippen LogP contribution in [0, 0.1) is 6.92 Å². The standard InChI is InChI=1S/C26H29N3O4/c1-4-17-13-26(9-10-33-14-26)25-28-22-19(11-15(2)12-20(22)23(30)29(17)25)16(3)27-21-8-6-5-7-18(21)24(31)32/h5-8,11-12,16-17,27H,4,9-10,13-14H2,1-3H3,(H,31,32)/t16-,17-,26+/m1/s1. The van der Waals surface area contributed by atoms with E-state index in [0.29, 0.717) is 29.8 Å². The summed E-state index contributed by atoms with van der Waals surface area (Å²) in [7, 11) is 0. The quantitative estimate of drug-likeness (QED) is 0.594. The molecule has 7 nitrogen and oxygen atoms in total. The number of aromatic carboxylic acids is 1. The molecule has 0 saturated carbocycles. The van der Waals surface area contributed by atoms with Crippen molar-refractivity contribution in [2.24, 2.45) is 0 Å². The Balaban J connectivity index is 1.68. The molecule has 1 aromatic heterocycles. The molecule has 1 saturated heterocycles. The van der Waals surface area contributed by atoms with Gasteiger partial charge in [0, 0.05) is 23.9 Å². The number of hydrogen-bond donors (Lipinski definition) is 2. The molecule has 1 fully saturated rings. The van der Waals surface area contributed by atoms with Crippen LogP contribution >= 0.6 is 0 Å². The van der Waals surface area contributed by atoms with Crippen molar-refractivity contribution in [1.82, 2.24) is 9.55 Å². The molecule has 0 unspecified atom stereocenters. The number of aryl methyl sites for hydroxylation is 1. The Morgan fingerprint density at radius 2 is 2.15 bits per heavy atom. The predicted octanol–water partition coefficient (Wildman–Crippen LogP) is 4.59. The first-order valence-corrected chi connectivity index (χ1v) is 11.6. The maximum Gasteiger partial charge on any atom is 0.337 e. The van der Waals surface area contributed by atoms with Gasteiger partial charge in [0.2, 0.25) is 0 Å².